The van der Waals surface area contributed by atoms with Gasteiger partial charge in [0.05, 0.1) is 4.34 Å². The molecule has 1 aromatic carbocycles. The van der Waals surface area contributed by atoms with Crippen LogP contribution in [0.3, 0.4) is 0 Å². The molecule has 8 heteroatoms. The van der Waals surface area contributed by atoms with Crippen molar-refractivity contribution in [3.63, 3.8) is 0 Å². The molecular weight excluding hydrogens is 416 g/mol. The van der Waals surface area contributed by atoms with E-state index in [2.05, 4.69) is 17.4 Å². The lowest BCUT2D eigenvalue weighted by atomic mass is 9.64. The van der Waals surface area contributed by atoms with E-state index in [4.69, 9.17) is 11.6 Å². The van der Waals surface area contributed by atoms with Gasteiger partial charge >= 0.3 is 0 Å². The van der Waals surface area contributed by atoms with Crippen molar-refractivity contribution in [1.82, 2.24) is 9.62 Å². The normalized spacial score (nSPS) is 22.0. The van der Waals surface area contributed by atoms with Crippen LogP contribution in [0.25, 0.3) is 0 Å². The minimum atomic E-state index is -3.70. The zero-order chi connectivity index (χ0) is 19.8. The smallest absolute Gasteiger partial charge is 0.253 e. The number of nitrogens with zero attached hydrogens (tertiary/aromatic N) is 1. The van der Waals surface area contributed by atoms with Crippen molar-refractivity contribution in [2.45, 2.75) is 47.8 Å². The Morgan fingerprint density at radius 2 is 1.93 bits per heavy atom. The lowest BCUT2D eigenvalue weighted by molar-refractivity contribution is -0.124. The summed E-state index contributed by atoms with van der Waals surface area (Å²) in [5.41, 5.74) is 1.21. The van der Waals surface area contributed by atoms with E-state index >= 15 is 0 Å². The molecule has 0 spiro atoms. The minimum Gasteiger partial charge on any atom is -0.354 e. The summed E-state index contributed by atoms with van der Waals surface area (Å²) in [5.74, 6) is -0.203. The third-order valence-electron chi connectivity index (χ3n) is 5.92. The third-order valence-corrected chi connectivity index (χ3v) is 9.52. The van der Waals surface area contributed by atoms with E-state index in [0.717, 1.165) is 30.6 Å². The van der Waals surface area contributed by atoms with Crippen LogP contribution in [0, 0.1) is 0 Å². The van der Waals surface area contributed by atoms with Crippen molar-refractivity contribution < 1.29 is 13.2 Å². The number of halogens is 1. The second-order valence-electron chi connectivity index (χ2n) is 7.55. The second kappa shape index (κ2) is 7.78. The van der Waals surface area contributed by atoms with Gasteiger partial charge in [-0.1, -0.05) is 48.4 Å². The highest BCUT2D eigenvalue weighted by Crippen LogP contribution is 2.43. The highest BCUT2D eigenvalue weighted by atomic mass is 35.5. The molecule has 0 radical (unpaired) electrons. The highest BCUT2D eigenvalue weighted by molar-refractivity contribution is 7.91. The fourth-order valence-corrected chi connectivity index (χ4v) is 7.45. The summed E-state index contributed by atoms with van der Waals surface area (Å²) in [7, 11) is -3.70. The van der Waals surface area contributed by atoms with E-state index in [1.165, 1.54) is 15.9 Å². The maximum absolute atomic E-state index is 13.0. The van der Waals surface area contributed by atoms with Crippen LogP contribution in [0.2, 0.25) is 4.34 Å². The summed E-state index contributed by atoms with van der Waals surface area (Å²) in [5, 5.41) is 3.06. The average Bonchev–Trinajstić information content (AvgIpc) is 3.31. The van der Waals surface area contributed by atoms with Gasteiger partial charge in [0.15, 0.2) is 0 Å². The van der Waals surface area contributed by atoms with Crippen molar-refractivity contribution in [1.29, 1.82) is 0 Å². The average molecular weight is 439 g/mol. The van der Waals surface area contributed by atoms with Gasteiger partial charge in [0, 0.05) is 18.5 Å². The van der Waals surface area contributed by atoms with Crippen LogP contribution in [0.4, 0.5) is 0 Å². The number of hydrogen-bond donors (Lipinski definition) is 1. The molecule has 0 bridgehead atoms. The molecule has 1 saturated carbocycles. The van der Waals surface area contributed by atoms with Crippen LogP contribution < -0.4 is 5.32 Å². The van der Waals surface area contributed by atoms with Crippen LogP contribution in [0.15, 0.2) is 46.7 Å². The molecule has 150 valence electrons. The van der Waals surface area contributed by atoms with E-state index < -0.39 is 16.1 Å². The summed E-state index contributed by atoms with van der Waals surface area (Å²) in [6.07, 6.45) is 4.45. The first-order valence-corrected chi connectivity index (χ1v) is 12.2. The Morgan fingerprint density at radius 3 is 2.54 bits per heavy atom. The van der Waals surface area contributed by atoms with Crippen LogP contribution in [0.1, 0.15) is 37.7 Å². The molecule has 1 aromatic heterocycles. The molecule has 1 saturated heterocycles. The molecule has 2 heterocycles. The third kappa shape index (κ3) is 3.61. The Balaban J connectivity index is 1.47. The quantitative estimate of drug-likeness (QED) is 0.746. The van der Waals surface area contributed by atoms with E-state index in [1.807, 2.05) is 18.2 Å². The van der Waals surface area contributed by atoms with Crippen molar-refractivity contribution in [2.24, 2.45) is 0 Å². The number of hydrogen-bond acceptors (Lipinski definition) is 4. The van der Waals surface area contributed by atoms with E-state index in [-0.39, 0.29) is 15.5 Å². The molecule has 1 aliphatic carbocycles. The first-order valence-electron chi connectivity index (χ1n) is 9.53. The van der Waals surface area contributed by atoms with Crippen LogP contribution in [-0.4, -0.2) is 37.8 Å². The number of nitrogens with one attached hydrogen (secondary N) is 1. The number of carbonyl (C=O) groups excluding carboxylic acids is 1. The SMILES string of the molecule is O=C(NCC1(c2ccccc2)CCC1)C1CCCN1S(=O)(=O)c1ccc(Cl)s1. The van der Waals surface area contributed by atoms with Crippen LogP contribution in [0.5, 0.6) is 0 Å². The molecule has 2 aliphatic rings. The summed E-state index contributed by atoms with van der Waals surface area (Å²) in [6.45, 7) is 0.908. The topological polar surface area (TPSA) is 66.5 Å². The first-order chi connectivity index (χ1) is 13.4. The van der Waals surface area contributed by atoms with E-state index in [1.54, 1.807) is 6.07 Å². The molecule has 1 unspecified atom stereocenters. The van der Waals surface area contributed by atoms with E-state index in [0.29, 0.717) is 30.3 Å². The molecule has 1 aliphatic heterocycles. The summed E-state index contributed by atoms with van der Waals surface area (Å²) in [6, 6.07) is 12.7. The number of carbonyl (C=O) groups is 1. The molecule has 2 aromatic rings. The molecule has 1 N–H and O–H groups in total. The van der Waals surface area contributed by atoms with Crippen molar-refractivity contribution in [3.05, 3.63) is 52.4 Å². The summed E-state index contributed by atoms with van der Waals surface area (Å²) >= 11 is 6.94. The monoisotopic (exact) mass is 438 g/mol. The summed E-state index contributed by atoms with van der Waals surface area (Å²) < 4.78 is 27.9. The van der Waals surface area contributed by atoms with Gasteiger partial charge in [0.25, 0.3) is 10.0 Å². The second-order valence-corrected chi connectivity index (χ2v) is 11.4. The zero-order valence-corrected chi connectivity index (χ0v) is 17.8. The molecule has 5 nitrogen and oxygen atoms in total. The predicted molar refractivity (Wildman–Crippen MR) is 111 cm³/mol. The minimum absolute atomic E-state index is 0.0273. The van der Waals surface area contributed by atoms with Gasteiger partial charge in [0.1, 0.15) is 10.3 Å². The lowest BCUT2D eigenvalue weighted by Crippen LogP contribution is -2.51. The highest BCUT2D eigenvalue weighted by Gasteiger charge is 2.42. The van der Waals surface area contributed by atoms with Crippen molar-refractivity contribution in [3.8, 4) is 0 Å². The van der Waals surface area contributed by atoms with Gasteiger partial charge in [0.2, 0.25) is 5.91 Å². The van der Waals surface area contributed by atoms with Gasteiger partial charge in [-0.25, -0.2) is 8.42 Å². The first kappa shape index (κ1) is 19.9. The number of thiophene rings is 1. The molecule has 4 rings (SSSR count). The Labute approximate surface area is 174 Å². The van der Waals surface area contributed by atoms with Gasteiger partial charge in [-0.3, -0.25) is 4.79 Å². The molecule has 2 fully saturated rings. The van der Waals surface area contributed by atoms with Crippen LogP contribution in [-0.2, 0) is 20.2 Å². The Bertz CT molecular complexity index is 955. The number of sulfonamides is 1. The van der Waals surface area contributed by atoms with Crippen molar-refractivity contribution >= 4 is 38.9 Å². The molecule has 1 amide bonds. The van der Waals surface area contributed by atoms with Gasteiger partial charge < -0.3 is 5.32 Å². The van der Waals surface area contributed by atoms with E-state index in [9.17, 15) is 13.2 Å². The van der Waals surface area contributed by atoms with Gasteiger partial charge in [-0.2, -0.15) is 4.31 Å². The summed E-state index contributed by atoms with van der Waals surface area (Å²) in [4.78, 5) is 12.9. The fraction of sp³-hybridized carbons (Fsp3) is 0.450. The maximum atomic E-state index is 13.0. The molecular formula is C20H23ClN2O3S2. The predicted octanol–water partition coefficient (Wildman–Crippen LogP) is 3.79. The maximum Gasteiger partial charge on any atom is 0.253 e. The molecule has 28 heavy (non-hydrogen) atoms. The number of benzene rings is 1. The standard InChI is InChI=1S/C20H23ClN2O3S2/c21-17-9-10-18(27-17)28(25,26)23-13-4-8-16(23)19(24)22-14-20(11-5-12-20)15-6-2-1-3-7-15/h1-3,6-7,9-10,16H,4-5,8,11-14H2,(H,22,24). The van der Waals surface area contributed by atoms with Crippen molar-refractivity contribution in [2.75, 3.05) is 13.1 Å². The molecule has 1 atom stereocenters. The Kier molecular flexibility index (Phi) is 5.53. The zero-order valence-electron chi connectivity index (χ0n) is 15.4. The largest absolute Gasteiger partial charge is 0.354 e. The van der Waals surface area contributed by atoms with Gasteiger partial charge in [-0.05, 0) is 43.4 Å². The number of rotatable bonds is 6. The van der Waals surface area contributed by atoms with Crippen LogP contribution >= 0.6 is 22.9 Å². The Morgan fingerprint density at radius 1 is 1.18 bits per heavy atom. The number of amides is 1. The fourth-order valence-electron chi connectivity index (χ4n) is 4.18. The van der Waals surface area contributed by atoms with Gasteiger partial charge in [-0.15, -0.1) is 11.3 Å². The lowest BCUT2D eigenvalue weighted by Gasteiger charge is -2.43. The Hall–Kier alpha value is -1.41.